The molecule has 0 aromatic heterocycles. The van der Waals surface area contributed by atoms with E-state index in [-0.39, 0.29) is 5.38 Å². The Morgan fingerprint density at radius 2 is 1.67 bits per heavy atom. The van der Waals surface area contributed by atoms with Crippen LogP contribution in [0.3, 0.4) is 0 Å². The summed E-state index contributed by atoms with van der Waals surface area (Å²) in [6.07, 6.45) is 4.52. The molecular weight excluding hydrogens is 172 g/mol. The van der Waals surface area contributed by atoms with Crippen LogP contribution in [0.1, 0.15) is 52.9 Å². The first-order valence-electron chi connectivity index (χ1n) is 4.90. The molecule has 0 fully saturated rings. The third-order valence-electron chi connectivity index (χ3n) is 2.09. The van der Waals surface area contributed by atoms with E-state index in [1.165, 1.54) is 0 Å². The van der Waals surface area contributed by atoms with Crippen molar-refractivity contribution < 1.29 is 5.11 Å². The Morgan fingerprint density at radius 3 is 1.92 bits per heavy atom. The predicted octanol–water partition coefficient (Wildman–Crippen LogP) is 3.34. The molecule has 0 saturated carbocycles. The second-order valence-corrected chi connectivity index (χ2v) is 4.45. The van der Waals surface area contributed by atoms with Gasteiger partial charge in [0.15, 0.2) is 0 Å². The highest BCUT2D eigenvalue weighted by molar-refractivity contribution is 6.20. The van der Waals surface area contributed by atoms with Gasteiger partial charge in [0.1, 0.15) is 0 Å². The summed E-state index contributed by atoms with van der Waals surface area (Å²) in [4.78, 5) is 0. The number of aliphatic hydroxyl groups is 1. The maximum Gasteiger partial charge on any atom is 0.0661 e. The zero-order valence-corrected chi connectivity index (χ0v) is 9.19. The smallest absolute Gasteiger partial charge is 0.0661 e. The Morgan fingerprint density at radius 1 is 1.25 bits per heavy atom. The van der Waals surface area contributed by atoms with E-state index >= 15 is 0 Å². The fraction of sp³-hybridized carbons (Fsp3) is 1.00. The van der Waals surface area contributed by atoms with Crippen LogP contribution in [0.5, 0.6) is 0 Å². The SMILES string of the molecule is CCCC(O)(CCC)C[C@H](C)Cl. The third-order valence-corrected chi connectivity index (χ3v) is 2.25. The van der Waals surface area contributed by atoms with Crippen molar-refractivity contribution in [3.8, 4) is 0 Å². The molecular formula is C10H21ClO. The molecule has 0 saturated heterocycles. The van der Waals surface area contributed by atoms with Gasteiger partial charge in [-0.05, 0) is 26.2 Å². The molecule has 0 aromatic rings. The lowest BCUT2D eigenvalue weighted by atomic mass is 9.88. The Balaban J connectivity index is 3.98. The lowest BCUT2D eigenvalue weighted by Gasteiger charge is -2.28. The van der Waals surface area contributed by atoms with Gasteiger partial charge in [-0.3, -0.25) is 0 Å². The van der Waals surface area contributed by atoms with Crippen molar-refractivity contribution in [2.45, 2.75) is 63.9 Å². The molecule has 74 valence electrons. The Labute approximate surface area is 81.1 Å². The van der Waals surface area contributed by atoms with Crippen molar-refractivity contribution in [3.63, 3.8) is 0 Å². The maximum absolute atomic E-state index is 10.1. The van der Waals surface area contributed by atoms with Crippen LogP contribution in [-0.2, 0) is 0 Å². The highest BCUT2D eigenvalue weighted by Gasteiger charge is 2.26. The molecule has 0 bridgehead atoms. The molecule has 0 rings (SSSR count). The largest absolute Gasteiger partial charge is 0.390 e. The second kappa shape index (κ2) is 5.82. The highest BCUT2D eigenvalue weighted by atomic mass is 35.5. The number of hydrogen-bond donors (Lipinski definition) is 1. The van der Waals surface area contributed by atoms with E-state index in [0.717, 1.165) is 32.1 Å². The molecule has 0 unspecified atom stereocenters. The highest BCUT2D eigenvalue weighted by Crippen LogP contribution is 2.26. The van der Waals surface area contributed by atoms with Crippen molar-refractivity contribution in [1.29, 1.82) is 0 Å². The van der Waals surface area contributed by atoms with Crippen LogP contribution >= 0.6 is 11.6 Å². The van der Waals surface area contributed by atoms with Gasteiger partial charge in [-0.15, -0.1) is 11.6 Å². The maximum atomic E-state index is 10.1. The summed E-state index contributed by atoms with van der Waals surface area (Å²) >= 11 is 5.87. The molecule has 1 atom stereocenters. The second-order valence-electron chi connectivity index (χ2n) is 3.71. The minimum atomic E-state index is -0.509. The van der Waals surface area contributed by atoms with Gasteiger partial charge in [0.25, 0.3) is 0 Å². The standard InChI is InChI=1S/C10H21ClO/c1-4-6-10(12,7-5-2)8-9(3)11/h9,12H,4-8H2,1-3H3/t9-/m0/s1. The van der Waals surface area contributed by atoms with Crippen LogP contribution in [0.25, 0.3) is 0 Å². The summed E-state index contributed by atoms with van der Waals surface area (Å²) in [6, 6.07) is 0. The summed E-state index contributed by atoms with van der Waals surface area (Å²) in [5.74, 6) is 0. The van der Waals surface area contributed by atoms with E-state index < -0.39 is 5.60 Å². The van der Waals surface area contributed by atoms with Crippen molar-refractivity contribution >= 4 is 11.6 Å². The summed E-state index contributed by atoms with van der Waals surface area (Å²) in [6.45, 7) is 6.14. The summed E-state index contributed by atoms with van der Waals surface area (Å²) in [5, 5.41) is 10.2. The van der Waals surface area contributed by atoms with Gasteiger partial charge in [-0.2, -0.15) is 0 Å². The van der Waals surface area contributed by atoms with Crippen molar-refractivity contribution in [2.24, 2.45) is 0 Å². The Hall–Kier alpha value is 0.250. The van der Waals surface area contributed by atoms with E-state index in [1.54, 1.807) is 0 Å². The lowest BCUT2D eigenvalue weighted by molar-refractivity contribution is 0.0132. The first kappa shape index (κ1) is 12.2. The fourth-order valence-corrected chi connectivity index (χ4v) is 2.07. The van der Waals surface area contributed by atoms with Gasteiger partial charge in [0.05, 0.1) is 5.60 Å². The third kappa shape index (κ3) is 5.00. The van der Waals surface area contributed by atoms with Crippen LogP contribution in [0.4, 0.5) is 0 Å². The molecule has 0 aliphatic heterocycles. The van der Waals surface area contributed by atoms with Gasteiger partial charge in [-0.1, -0.05) is 26.7 Å². The molecule has 0 spiro atoms. The molecule has 0 aliphatic rings. The van der Waals surface area contributed by atoms with Gasteiger partial charge in [-0.25, -0.2) is 0 Å². The Kier molecular flexibility index (Phi) is 5.94. The van der Waals surface area contributed by atoms with Crippen LogP contribution in [0.2, 0.25) is 0 Å². The topological polar surface area (TPSA) is 20.2 Å². The number of rotatable bonds is 6. The van der Waals surface area contributed by atoms with Gasteiger partial charge < -0.3 is 5.11 Å². The zero-order chi connectivity index (χ0) is 9.61. The quantitative estimate of drug-likeness (QED) is 0.641. The van der Waals surface area contributed by atoms with E-state index in [2.05, 4.69) is 13.8 Å². The lowest BCUT2D eigenvalue weighted by Crippen LogP contribution is -2.30. The molecule has 1 N–H and O–H groups in total. The van der Waals surface area contributed by atoms with Crippen molar-refractivity contribution in [2.75, 3.05) is 0 Å². The molecule has 0 radical (unpaired) electrons. The first-order chi connectivity index (χ1) is 5.54. The van der Waals surface area contributed by atoms with Gasteiger partial charge in [0.2, 0.25) is 0 Å². The van der Waals surface area contributed by atoms with Crippen LogP contribution in [-0.4, -0.2) is 16.1 Å². The van der Waals surface area contributed by atoms with Gasteiger partial charge >= 0.3 is 0 Å². The first-order valence-corrected chi connectivity index (χ1v) is 5.34. The Bertz CT molecular complexity index is 106. The monoisotopic (exact) mass is 192 g/mol. The van der Waals surface area contributed by atoms with E-state index in [0.29, 0.717) is 0 Å². The average Bonchev–Trinajstić information content (AvgIpc) is 1.85. The summed E-state index contributed by atoms with van der Waals surface area (Å²) in [7, 11) is 0. The number of hydrogen-bond acceptors (Lipinski definition) is 1. The molecule has 0 aliphatic carbocycles. The van der Waals surface area contributed by atoms with Crippen LogP contribution in [0, 0.1) is 0 Å². The zero-order valence-electron chi connectivity index (χ0n) is 8.44. The minimum absolute atomic E-state index is 0.0769. The van der Waals surface area contributed by atoms with Crippen molar-refractivity contribution in [1.82, 2.24) is 0 Å². The van der Waals surface area contributed by atoms with E-state index in [4.69, 9.17) is 11.6 Å². The average molecular weight is 193 g/mol. The fourth-order valence-electron chi connectivity index (χ4n) is 1.78. The van der Waals surface area contributed by atoms with Crippen LogP contribution in [0.15, 0.2) is 0 Å². The molecule has 0 amide bonds. The van der Waals surface area contributed by atoms with E-state index in [1.807, 2.05) is 6.92 Å². The number of alkyl halides is 1. The predicted molar refractivity (Wildman–Crippen MR) is 54.7 cm³/mol. The van der Waals surface area contributed by atoms with Crippen molar-refractivity contribution in [3.05, 3.63) is 0 Å². The molecule has 2 heteroatoms. The molecule has 0 aromatic carbocycles. The molecule has 1 nitrogen and oxygen atoms in total. The normalized spacial score (nSPS) is 14.8. The summed E-state index contributed by atoms with van der Waals surface area (Å²) in [5.41, 5.74) is -0.509. The van der Waals surface area contributed by atoms with E-state index in [9.17, 15) is 5.11 Å². The van der Waals surface area contributed by atoms with Crippen LogP contribution < -0.4 is 0 Å². The molecule has 0 heterocycles. The van der Waals surface area contributed by atoms with Gasteiger partial charge in [0, 0.05) is 5.38 Å². The molecule has 12 heavy (non-hydrogen) atoms. The summed E-state index contributed by atoms with van der Waals surface area (Å²) < 4.78 is 0. The minimum Gasteiger partial charge on any atom is -0.390 e. The number of halogens is 1.